The summed E-state index contributed by atoms with van der Waals surface area (Å²) in [5.74, 6) is 0. The molecule has 0 bridgehead atoms. The summed E-state index contributed by atoms with van der Waals surface area (Å²) < 4.78 is 0. The molecule has 0 aliphatic carbocycles. The third-order valence-corrected chi connectivity index (χ3v) is 1.43. The van der Waals surface area contributed by atoms with Crippen molar-refractivity contribution in [1.29, 1.82) is 0 Å². The van der Waals surface area contributed by atoms with E-state index in [1.807, 2.05) is 13.0 Å². The summed E-state index contributed by atoms with van der Waals surface area (Å²) in [6.07, 6.45) is 8.90. The van der Waals surface area contributed by atoms with Crippen LogP contribution in [-0.2, 0) is 0 Å². The highest BCUT2D eigenvalue weighted by Gasteiger charge is 2.09. The van der Waals surface area contributed by atoms with Gasteiger partial charge in [-0.2, -0.15) is 0 Å². The SMILES string of the molecule is C/C=C/CC(C)(C)/C=C/N. The largest absolute Gasteiger partial charge is 0.405 e. The minimum absolute atomic E-state index is 0.210. The average molecular weight is 139 g/mol. The molecule has 0 spiro atoms. The van der Waals surface area contributed by atoms with Gasteiger partial charge in [0.2, 0.25) is 0 Å². The van der Waals surface area contributed by atoms with Crippen molar-refractivity contribution in [2.24, 2.45) is 11.1 Å². The van der Waals surface area contributed by atoms with E-state index in [0.29, 0.717) is 0 Å². The first-order chi connectivity index (χ1) is 4.62. The molecule has 0 aromatic rings. The van der Waals surface area contributed by atoms with Crippen molar-refractivity contribution in [2.75, 3.05) is 0 Å². The van der Waals surface area contributed by atoms with Crippen molar-refractivity contribution in [1.82, 2.24) is 0 Å². The van der Waals surface area contributed by atoms with Gasteiger partial charge in [0.25, 0.3) is 0 Å². The minimum atomic E-state index is 0.210. The summed E-state index contributed by atoms with van der Waals surface area (Å²) in [6.45, 7) is 6.36. The van der Waals surface area contributed by atoms with Gasteiger partial charge in [-0.1, -0.05) is 32.1 Å². The molecule has 0 rings (SSSR count). The van der Waals surface area contributed by atoms with Crippen LogP contribution in [0.25, 0.3) is 0 Å². The first-order valence-electron chi connectivity index (χ1n) is 3.63. The molecule has 0 aromatic heterocycles. The van der Waals surface area contributed by atoms with E-state index >= 15 is 0 Å². The number of hydrogen-bond acceptors (Lipinski definition) is 1. The maximum absolute atomic E-state index is 5.28. The zero-order valence-electron chi connectivity index (χ0n) is 7.09. The predicted molar refractivity (Wildman–Crippen MR) is 46.5 cm³/mol. The Morgan fingerprint density at radius 3 is 2.40 bits per heavy atom. The summed E-state index contributed by atoms with van der Waals surface area (Å²) in [6, 6.07) is 0. The van der Waals surface area contributed by atoms with Crippen molar-refractivity contribution in [2.45, 2.75) is 27.2 Å². The van der Waals surface area contributed by atoms with Crippen LogP contribution in [0.1, 0.15) is 27.2 Å². The number of rotatable bonds is 3. The van der Waals surface area contributed by atoms with Crippen LogP contribution in [0.15, 0.2) is 24.4 Å². The Labute approximate surface area is 63.6 Å². The lowest BCUT2D eigenvalue weighted by atomic mass is 9.89. The van der Waals surface area contributed by atoms with E-state index in [9.17, 15) is 0 Å². The monoisotopic (exact) mass is 139 g/mol. The first kappa shape index (κ1) is 9.28. The normalized spacial score (nSPS) is 13.5. The molecule has 0 aliphatic rings. The summed E-state index contributed by atoms with van der Waals surface area (Å²) >= 11 is 0. The molecule has 0 amide bonds. The molecule has 10 heavy (non-hydrogen) atoms. The van der Waals surface area contributed by atoms with Gasteiger partial charge in [-0.25, -0.2) is 0 Å². The van der Waals surface area contributed by atoms with E-state index in [1.165, 1.54) is 0 Å². The Kier molecular flexibility index (Phi) is 3.85. The lowest BCUT2D eigenvalue weighted by molar-refractivity contribution is 0.487. The molecule has 1 nitrogen and oxygen atoms in total. The van der Waals surface area contributed by atoms with Gasteiger partial charge in [-0.15, -0.1) is 0 Å². The lowest BCUT2D eigenvalue weighted by Crippen LogP contribution is -2.05. The minimum Gasteiger partial charge on any atom is -0.405 e. The highest BCUT2D eigenvalue weighted by Crippen LogP contribution is 2.21. The second-order valence-electron chi connectivity index (χ2n) is 3.12. The second-order valence-corrected chi connectivity index (χ2v) is 3.12. The Balaban J connectivity index is 3.86. The molecule has 58 valence electrons. The van der Waals surface area contributed by atoms with E-state index in [4.69, 9.17) is 5.73 Å². The summed E-state index contributed by atoms with van der Waals surface area (Å²) in [5.41, 5.74) is 5.49. The van der Waals surface area contributed by atoms with Crippen LogP contribution in [0, 0.1) is 5.41 Å². The Morgan fingerprint density at radius 1 is 1.40 bits per heavy atom. The van der Waals surface area contributed by atoms with Crippen LogP contribution in [-0.4, -0.2) is 0 Å². The molecule has 0 saturated heterocycles. The molecule has 0 saturated carbocycles. The third-order valence-electron chi connectivity index (χ3n) is 1.43. The molecular weight excluding hydrogens is 122 g/mol. The molecular formula is C9H17N. The van der Waals surface area contributed by atoms with Gasteiger partial charge in [0.1, 0.15) is 0 Å². The van der Waals surface area contributed by atoms with Gasteiger partial charge in [-0.3, -0.25) is 0 Å². The van der Waals surface area contributed by atoms with Crippen LogP contribution in [0.3, 0.4) is 0 Å². The van der Waals surface area contributed by atoms with E-state index in [0.717, 1.165) is 6.42 Å². The van der Waals surface area contributed by atoms with E-state index in [-0.39, 0.29) is 5.41 Å². The van der Waals surface area contributed by atoms with Crippen molar-refractivity contribution < 1.29 is 0 Å². The van der Waals surface area contributed by atoms with E-state index in [1.54, 1.807) is 6.20 Å². The van der Waals surface area contributed by atoms with Gasteiger partial charge < -0.3 is 5.73 Å². The molecule has 0 radical (unpaired) electrons. The van der Waals surface area contributed by atoms with E-state index in [2.05, 4.69) is 26.0 Å². The quantitative estimate of drug-likeness (QED) is 0.597. The van der Waals surface area contributed by atoms with Gasteiger partial charge >= 0.3 is 0 Å². The van der Waals surface area contributed by atoms with Crippen LogP contribution < -0.4 is 5.73 Å². The fourth-order valence-corrected chi connectivity index (χ4v) is 0.750. The molecule has 1 heteroatoms. The number of hydrogen-bond donors (Lipinski definition) is 1. The maximum atomic E-state index is 5.28. The van der Waals surface area contributed by atoms with Gasteiger partial charge in [-0.05, 0) is 25.0 Å². The Morgan fingerprint density at radius 2 is 2.00 bits per heavy atom. The van der Waals surface area contributed by atoms with Crippen molar-refractivity contribution in [3.05, 3.63) is 24.4 Å². The highest BCUT2D eigenvalue weighted by molar-refractivity contribution is 4.97. The molecule has 0 heterocycles. The van der Waals surface area contributed by atoms with Crippen LogP contribution in [0.2, 0.25) is 0 Å². The van der Waals surface area contributed by atoms with Crippen LogP contribution in [0.4, 0.5) is 0 Å². The first-order valence-corrected chi connectivity index (χ1v) is 3.63. The third kappa shape index (κ3) is 4.19. The number of nitrogens with two attached hydrogens (primary N) is 1. The molecule has 0 aromatic carbocycles. The zero-order chi connectivity index (χ0) is 8.04. The molecule has 0 unspecified atom stereocenters. The average Bonchev–Trinajstić information content (AvgIpc) is 1.84. The molecule has 2 N–H and O–H groups in total. The van der Waals surface area contributed by atoms with Gasteiger partial charge in [0.15, 0.2) is 0 Å². The molecule has 0 aliphatic heterocycles. The van der Waals surface area contributed by atoms with Gasteiger partial charge in [0.05, 0.1) is 0 Å². The van der Waals surface area contributed by atoms with Crippen molar-refractivity contribution in [3.63, 3.8) is 0 Å². The summed E-state index contributed by atoms with van der Waals surface area (Å²) in [7, 11) is 0. The predicted octanol–water partition coefficient (Wildman–Crippen LogP) is 2.45. The fourth-order valence-electron chi connectivity index (χ4n) is 0.750. The standard InChI is InChI=1S/C9H17N/c1-4-5-6-9(2,3)7-8-10/h4-5,7-8H,6,10H2,1-3H3/b5-4+,8-7+. The number of allylic oxidation sites excluding steroid dienone is 3. The maximum Gasteiger partial charge on any atom is -0.00975 e. The fraction of sp³-hybridized carbons (Fsp3) is 0.556. The second kappa shape index (κ2) is 4.15. The van der Waals surface area contributed by atoms with Crippen LogP contribution in [0.5, 0.6) is 0 Å². The lowest BCUT2D eigenvalue weighted by Gasteiger charge is -2.16. The van der Waals surface area contributed by atoms with Crippen LogP contribution >= 0.6 is 0 Å². The topological polar surface area (TPSA) is 26.0 Å². The van der Waals surface area contributed by atoms with Gasteiger partial charge in [0, 0.05) is 0 Å². The van der Waals surface area contributed by atoms with Crippen molar-refractivity contribution >= 4 is 0 Å². The van der Waals surface area contributed by atoms with Crippen molar-refractivity contribution in [3.8, 4) is 0 Å². The summed E-state index contributed by atoms with van der Waals surface area (Å²) in [5, 5.41) is 0. The Hall–Kier alpha value is -0.720. The van der Waals surface area contributed by atoms with E-state index < -0.39 is 0 Å². The molecule has 0 fully saturated rings. The molecule has 0 atom stereocenters. The smallest absolute Gasteiger partial charge is 0.00975 e. The zero-order valence-corrected chi connectivity index (χ0v) is 7.09. The Bertz CT molecular complexity index is 132. The summed E-state index contributed by atoms with van der Waals surface area (Å²) in [4.78, 5) is 0. The highest BCUT2D eigenvalue weighted by atomic mass is 14.5.